The average Bonchev–Trinajstić information content (AvgIpc) is 2.74. The highest BCUT2D eigenvalue weighted by Gasteiger charge is 2.31. The minimum absolute atomic E-state index is 0.00831. The maximum atomic E-state index is 13.6. The number of rotatable bonds is 10. The van der Waals surface area contributed by atoms with E-state index < -0.39 is 28.5 Å². The van der Waals surface area contributed by atoms with Crippen LogP contribution in [0.4, 0.5) is 5.69 Å². The van der Waals surface area contributed by atoms with E-state index in [9.17, 15) is 18.0 Å². The molecule has 2 aromatic rings. The van der Waals surface area contributed by atoms with E-state index in [4.69, 9.17) is 23.2 Å². The van der Waals surface area contributed by atoms with Gasteiger partial charge < -0.3 is 10.2 Å². The van der Waals surface area contributed by atoms with Gasteiger partial charge in [0.15, 0.2) is 0 Å². The summed E-state index contributed by atoms with van der Waals surface area (Å²) in [4.78, 5) is 27.9. The van der Waals surface area contributed by atoms with Crippen molar-refractivity contribution in [2.24, 2.45) is 0 Å². The Kier molecular flexibility index (Phi) is 10.0. The summed E-state index contributed by atoms with van der Waals surface area (Å²) < 4.78 is 26.4. The summed E-state index contributed by atoms with van der Waals surface area (Å²) in [6, 6.07) is 9.27. The van der Waals surface area contributed by atoms with Crippen LogP contribution in [-0.4, -0.2) is 50.0 Å². The number of nitrogens with zero attached hydrogens (tertiary/aromatic N) is 2. The third-order valence-corrected chi connectivity index (χ3v) is 7.43. The number of benzene rings is 2. The molecular formula is C25H33Cl2N3O4S. The number of amides is 2. The van der Waals surface area contributed by atoms with Crippen LogP contribution in [-0.2, 0) is 26.2 Å². The first-order valence-corrected chi connectivity index (χ1v) is 13.9. The Morgan fingerprint density at radius 2 is 1.63 bits per heavy atom. The van der Waals surface area contributed by atoms with Gasteiger partial charge >= 0.3 is 0 Å². The molecule has 2 aromatic carbocycles. The van der Waals surface area contributed by atoms with Gasteiger partial charge in [-0.05, 0) is 75.1 Å². The molecule has 0 fully saturated rings. The molecule has 0 aliphatic heterocycles. The van der Waals surface area contributed by atoms with E-state index in [1.807, 2.05) is 33.8 Å². The van der Waals surface area contributed by atoms with Crippen molar-refractivity contribution in [3.05, 3.63) is 63.1 Å². The molecule has 0 aliphatic rings. The monoisotopic (exact) mass is 541 g/mol. The normalized spacial score (nSPS) is 13.1. The third-order valence-electron chi connectivity index (χ3n) is 5.70. The number of halogens is 2. The molecule has 0 unspecified atom stereocenters. The van der Waals surface area contributed by atoms with E-state index in [1.54, 1.807) is 37.3 Å². The van der Waals surface area contributed by atoms with Gasteiger partial charge in [-0.25, -0.2) is 8.42 Å². The topological polar surface area (TPSA) is 86.8 Å². The molecular weight excluding hydrogens is 509 g/mol. The lowest BCUT2D eigenvalue weighted by Crippen LogP contribution is -2.52. The summed E-state index contributed by atoms with van der Waals surface area (Å²) >= 11 is 12.4. The second kappa shape index (κ2) is 12.1. The minimum Gasteiger partial charge on any atom is -0.352 e. The van der Waals surface area contributed by atoms with Crippen molar-refractivity contribution in [1.29, 1.82) is 0 Å². The van der Waals surface area contributed by atoms with E-state index >= 15 is 0 Å². The van der Waals surface area contributed by atoms with Crippen molar-refractivity contribution >= 4 is 50.7 Å². The lowest BCUT2D eigenvalue weighted by molar-refractivity contribution is -0.139. The smallest absolute Gasteiger partial charge is 0.244 e. The fourth-order valence-electron chi connectivity index (χ4n) is 3.59. The summed E-state index contributed by atoms with van der Waals surface area (Å²) in [6.45, 7) is 8.69. The van der Waals surface area contributed by atoms with Gasteiger partial charge in [0.05, 0.1) is 11.9 Å². The molecule has 0 heterocycles. The SMILES string of the molecule is CC[C@H](C)NC(=O)[C@@H](C)N(Cc1ccc(Cl)cc1Cl)C(=O)CN(c1cc(C)cc(C)c1)S(C)(=O)=O. The first kappa shape index (κ1) is 28.9. The largest absolute Gasteiger partial charge is 0.352 e. The van der Waals surface area contributed by atoms with Crippen LogP contribution in [0.1, 0.15) is 43.9 Å². The van der Waals surface area contributed by atoms with Crippen LogP contribution >= 0.6 is 23.2 Å². The maximum Gasteiger partial charge on any atom is 0.244 e. The van der Waals surface area contributed by atoms with E-state index in [2.05, 4.69) is 5.32 Å². The van der Waals surface area contributed by atoms with Gasteiger partial charge in [-0.1, -0.05) is 42.3 Å². The van der Waals surface area contributed by atoms with Gasteiger partial charge in [0.2, 0.25) is 21.8 Å². The molecule has 0 saturated heterocycles. The predicted molar refractivity (Wildman–Crippen MR) is 142 cm³/mol. The van der Waals surface area contributed by atoms with E-state index in [0.717, 1.165) is 28.1 Å². The van der Waals surface area contributed by atoms with Crippen LogP contribution in [0.3, 0.4) is 0 Å². The summed E-state index contributed by atoms with van der Waals surface area (Å²) in [5.74, 6) is -0.873. The molecule has 2 amide bonds. The highest BCUT2D eigenvalue weighted by Crippen LogP contribution is 2.25. The molecule has 0 saturated carbocycles. The molecule has 1 N–H and O–H groups in total. The molecule has 10 heteroatoms. The number of hydrogen-bond acceptors (Lipinski definition) is 4. The van der Waals surface area contributed by atoms with Crippen molar-refractivity contribution in [3.8, 4) is 0 Å². The van der Waals surface area contributed by atoms with Crippen LogP contribution in [0, 0.1) is 13.8 Å². The van der Waals surface area contributed by atoms with Crippen molar-refractivity contribution < 1.29 is 18.0 Å². The molecule has 192 valence electrons. The van der Waals surface area contributed by atoms with E-state index in [-0.39, 0.29) is 18.5 Å². The second-order valence-electron chi connectivity index (χ2n) is 8.87. The van der Waals surface area contributed by atoms with Crippen molar-refractivity contribution in [2.75, 3.05) is 17.1 Å². The Morgan fingerprint density at radius 1 is 1.03 bits per heavy atom. The Morgan fingerprint density at radius 3 is 2.14 bits per heavy atom. The van der Waals surface area contributed by atoms with Gasteiger partial charge in [0, 0.05) is 22.6 Å². The predicted octanol–water partition coefficient (Wildman–Crippen LogP) is 4.71. The van der Waals surface area contributed by atoms with Crippen LogP contribution in [0.25, 0.3) is 0 Å². The average molecular weight is 543 g/mol. The molecule has 0 aliphatic carbocycles. The molecule has 2 atom stereocenters. The lowest BCUT2D eigenvalue weighted by Gasteiger charge is -2.32. The quantitative estimate of drug-likeness (QED) is 0.471. The van der Waals surface area contributed by atoms with Gasteiger partial charge in [0.1, 0.15) is 12.6 Å². The second-order valence-corrected chi connectivity index (χ2v) is 11.6. The highest BCUT2D eigenvalue weighted by atomic mass is 35.5. The Balaban J connectivity index is 2.45. The van der Waals surface area contributed by atoms with E-state index in [1.165, 1.54) is 4.90 Å². The first-order chi connectivity index (χ1) is 16.2. The third kappa shape index (κ3) is 8.12. The van der Waals surface area contributed by atoms with Gasteiger partial charge in [0.25, 0.3) is 0 Å². The van der Waals surface area contributed by atoms with Crippen LogP contribution < -0.4 is 9.62 Å². The number of sulfonamides is 1. The zero-order valence-electron chi connectivity index (χ0n) is 20.9. The zero-order valence-corrected chi connectivity index (χ0v) is 23.3. The van der Waals surface area contributed by atoms with Crippen LogP contribution in [0.5, 0.6) is 0 Å². The fraction of sp³-hybridized carbons (Fsp3) is 0.440. The number of hydrogen-bond donors (Lipinski definition) is 1. The van der Waals surface area contributed by atoms with Crippen molar-refractivity contribution in [2.45, 2.75) is 59.7 Å². The molecule has 0 bridgehead atoms. The number of carbonyl (C=O) groups is 2. The zero-order chi connectivity index (χ0) is 26.5. The number of aryl methyl sites for hydroxylation is 2. The lowest BCUT2D eigenvalue weighted by atomic mass is 10.1. The molecule has 2 rings (SSSR count). The molecule has 0 radical (unpaired) electrons. The summed E-state index contributed by atoms with van der Waals surface area (Å²) in [6.07, 6.45) is 1.78. The summed E-state index contributed by atoms with van der Waals surface area (Å²) in [7, 11) is -3.79. The molecule has 0 spiro atoms. The number of nitrogens with one attached hydrogen (secondary N) is 1. The minimum atomic E-state index is -3.79. The van der Waals surface area contributed by atoms with Crippen LogP contribution in [0.15, 0.2) is 36.4 Å². The van der Waals surface area contributed by atoms with Crippen molar-refractivity contribution in [3.63, 3.8) is 0 Å². The fourth-order valence-corrected chi connectivity index (χ4v) is 4.89. The van der Waals surface area contributed by atoms with Crippen LogP contribution in [0.2, 0.25) is 10.0 Å². The number of carbonyl (C=O) groups excluding carboxylic acids is 2. The highest BCUT2D eigenvalue weighted by molar-refractivity contribution is 7.92. The molecule has 35 heavy (non-hydrogen) atoms. The van der Waals surface area contributed by atoms with Crippen molar-refractivity contribution in [1.82, 2.24) is 10.2 Å². The number of anilines is 1. The van der Waals surface area contributed by atoms with E-state index in [0.29, 0.717) is 21.3 Å². The Bertz CT molecular complexity index is 1170. The Hall–Kier alpha value is -2.29. The summed E-state index contributed by atoms with van der Waals surface area (Å²) in [5, 5.41) is 3.67. The first-order valence-electron chi connectivity index (χ1n) is 11.3. The molecule has 0 aromatic heterocycles. The summed E-state index contributed by atoms with van der Waals surface area (Å²) in [5.41, 5.74) is 2.71. The Labute approximate surface area is 218 Å². The van der Waals surface area contributed by atoms with Gasteiger partial charge in [-0.3, -0.25) is 13.9 Å². The van der Waals surface area contributed by atoms with Gasteiger partial charge in [-0.15, -0.1) is 0 Å². The maximum absolute atomic E-state index is 13.6. The standard InChI is InChI=1S/C25H33Cl2N3O4S/c1-7-18(4)28-25(32)19(5)29(14-20-8-9-21(26)13-23(20)27)24(31)15-30(35(6,33)34)22-11-16(2)10-17(3)12-22/h8-13,18-19H,7,14-15H2,1-6H3,(H,28,32)/t18-,19+/m0/s1. The molecule has 7 nitrogen and oxygen atoms in total. The van der Waals surface area contributed by atoms with Gasteiger partial charge in [-0.2, -0.15) is 0 Å².